The summed E-state index contributed by atoms with van der Waals surface area (Å²) in [7, 11) is 0. The molecular formula is C2H5N5OS. The molecular weight excluding hydrogens is 142 g/mol. The minimum Gasteiger partial charge on any atom is -0.367 e. The summed E-state index contributed by atoms with van der Waals surface area (Å²) in [6, 6.07) is 0. The lowest BCUT2D eigenvalue weighted by Gasteiger charge is -1.98. The molecule has 0 aromatic carbocycles. The molecule has 0 aliphatic rings. The summed E-state index contributed by atoms with van der Waals surface area (Å²) in [5.41, 5.74) is 10.7. The van der Waals surface area contributed by atoms with Crippen LogP contribution in [0.3, 0.4) is 0 Å². The molecule has 0 aliphatic heterocycles. The first-order valence-corrected chi connectivity index (χ1v) is 2.39. The minimum atomic E-state index is -0.133. The van der Waals surface area contributed by atoms with Crippen LogP contribution in [0.15, 0.2) is 10.4 Å². The molecule has 0 rings (SSSR count). The number of thiocarbonyl (C=S) groups is 1. The molecule has 0 fully saturated rings. The van der Waals surface area contributed by atoms with Crippen molar-refractivity contribution in [3.63, 3.8) is 0 Å². The van der Waals surface area contributed by atoms with Gasteiger partial charge < -0.3 is 5.73 Å². The first-order valence-electron chi connectivity index (χ1n) is 1.92. The number of guanidine groups is 1. The highest BCUT2D eigenvalue weighted by Crippen LogP contribution is 1.62. The molecule has 0 atom stereocenters. The Bertz CT molecular complexity index is 133. The van der Waals surface area contributed by atoms with Crippen LogP contribution in [0, 0.1) is 4.91 Å². The molecule has 0 aliphatic carbocycles. The monoisotopic (exact) mass is 147 g/mol. The van der Waals surface area contributed by atoms with Crippen LogP contribution >= 0.6 is 12.2 Å². The maximum Gasteiger partial charge on any atom is 0.236 e. The van der Waals surface area contributed by atoms with Gasteiger partial charge >= 0.3 is 0 Å². The molecule has 0 saturated heterocycles. The number of hydrazine groups is 1. The third-order valence-corrected chi connectivity index (χ3v) is 0.526. The average molecular weight is 147 g/mol. The normalized spacial score (nSPS) is 10.0. The van der Waals surface area contributed by atoms with E-state index in [1.165, 1.54) is 5.49 Å². The number of hydrogen-bond acceptors (Lipinski definition) is 3. The lowest BCUT2D eigenvalue weighted by Crippen LogP contribution is -2.40. The second-order valence-electron chi connectivity index (χ2n) is 0.954. The van der Waals surface area contributed by atoms with Crippen LogP contribution < -0.4 is 16.6 Å². The maximum absolute atomic E-state index is 9.36. The lowest BCUT2D eigenvalue weighted by molar-refractivity contribution is 0.871. The van der Waals surface area contributed by atoms with Gasteiger partial charge in [0.1, 0.15) is 0 Å². The second-order valence-corrected chi connectivity index (χ2v) is 1.19. The third-order valence-electron chi connectivity index (χ3n) is 0.408. The fraction of sp³-hybridized carbons (Fsp3) is 0. The summed E-state index contributed by atoms with van der Waals surface area (Å²) in [5, 5.41) is 5.04. The van der Waals surface area contributed by atoms with E-state index in [9.17, 15) is 4.91 Å². The Hall–Kier alpha value is -1.24. The van der Waals surface area contributed by atoms with Crippen LogP contribution in [0.2, 0.25) is 0 Å². The molecule has 0 spiro atoms. The van der Waals surface area contributed by atoms with Gasteiger partial charge in [0.25, 0.3) is 0 Å². The van der Waals surface area contributed by atoms with Gasteiger partial charge in [-0.1, -0.05) is 17.3 Å². The zero-order valence-corrected chi connectivity index (χ0v) is 5.18. The largest absolute Gasteiger partial charge is 0.367 e. The van der Waals surface area contributed by atoms with Gasteiger partial charge in [-0.3, -0.25) is 10.9 Å². The van der Waals surface area contributed by atoms with Crippen LogP contribution in [0.25, 0.3) is 0 Å². The summed E-state index contributed by atoms with van der Waals surface area (Å²) in [6.07, 6.45) is 0. The van der Waals surface area contributed by atoms with Crippen molar-refractivity contribution in [2.75, 3.05) is 0 Å². The molecule has 0 aromatic rings. The minimum absolute atomic E-state index is 0.133. The van der Waals surface area contributed by atoms with Gasteiger partial charge in [-0.2, -0.15) is 0 Å². The fourth-order valence-corrected chi connectivity index (χ4v) is 0.231. The highest BCUT2D eigenvalue weighted by atomic mass is 32.1. The van der Waals surface area contributed by atoms with Gasteiger partial charge in [-0.25, -0.2) is 0 Å². The standard InChI is InChI=1S/C2H5N5OS/c3-2(6-7-8)5-4-1-9/h1H,(H,4,9)(H3,3,5,6,8). The van der Waals surface area contributed by atoms with Gasteiger partial charge in [0.05, 0.1) is 10.8 Å². The molecule has 0 heterocycles. The molecule has 50 valence electrons. The zero-order valence-electron chi connectivity index (χ0n) is 4.37. The molecule has 0 bridgehead atoms. The van der Waals surface area contributed by atoms with Crippen LogP contribution in [-0.2, 0) is 0 Å². The van der Waals surface area contributed by atoms with Crippen molar-refractivity contribution in [2.45, 2.75) is 0 Å². The summed E-state index contributed by atoms with van der Waals surface area (Å²) < 4.78 is 0. The number of nitrogens with zero attached hydrogens (tertiary/aromatic N) is 2. The van der Waals surface area contributed by atoms with Gasteiger partial charge in [0.15, 0.2) is 0 Å². The molecule has 0 radical (unpaired) electrons. The predicted octanol–water partition coefficient (Wildman–Crippen LogP) is -0.966. The van der Waals surface area contributed by atoms with Gasteiger partial charge in [0.2, 0.25) is 5.96 Å². The molecule has 0 saturated carbocycles. The first kappa shape index (κ1) is 7.76. The van der Waals surface area contributed by atoms with Crippen molar-refractivity contribution in [3.05, 3.63) is 4.91 Å². The number of nitroso groups, excluding NO2 is 1. The average Bonchev–Trinajstić information content (AvgIpc) is 1.85. The first-order chi connectivity index (χ1) is 4.31. The van der Waals surface area contributed by atoms with Crippen LogP contribution in [0.4, 0.5) is 0 Å². The van der Waals surface area contributed by atoms with Crippen molar-refractivity contribution in [1.82, 2.24) is 10.9 Å². The third kappa shape index (κ3) is 4.62. The molecule has 9 heavy (non-hydrogen) atoms. The smallest absolute Gasteiger partial charge is 0.236 e. The van der Waals surface area contributed by atoms with E-state index in [0.29, 0.717) is 0 Å². The Balaban J connectivity index is 3.47. The number of rotatable bonds is 3. The van der Waals surface area contributed by atoms with Gasteiger partial charge in [-0.05, 0) is 0 Å². The SMILES string of the molecule is NC(=NN=O)NNC=S. The van der Waals surface area contributed by atoms with E-state index in [-0.39, 0.29) is 5.96 Å². The fourth-order valence-electron chi connectivity index (χ4n) is 0.172. The Labute approximate surface area is 56.4 Å². The molecule has 4 N–H and O–H groups in total. The predicted molar refractivity (Wildman–Crippen MR) is 37.3 cm³/mol. The van der Waals surface area contributed by atoms with E-state index in [4.69, 9.17) is 5.73 Å². The molecule has 7 heteroatoms. The molecule has 0 amide bonds. The highest BCUT2D eigenvalue weighted by Gasteiger charge is 1.82. The van der Waals surface area contributed by atoms with E-state index in [1.54, 1.807) is 0 Å². The topological polar surface area (TPSA) is 91.9 Å². The van der Waals surface area contributed by atoms with E-state index < -0.39 is 0 Å². The second kappa shape index (κ2) is 4.91. The zero-order chi connectivity index (χ0) is 7.11. The van der Waals surface area contributed by atoms with Crippen molar-refractivity contribution in [1.29, 1.82) is 0 Å². The Morgan fingerprint density at radius 2 is 2.44 bits per heavy atom. The van der Waals surface area contributed by atoms with Crippen LogP contribution in [0.1, 0.15) is 0 Å². The van der Waals surface area contributed by atoms with Crippen molar-refractivity contribution >= 4 is 23.7 Å². The lowest BCUT2D eigenvalue weighted by atomic mass is 11.1. The molecule has 6 nitrogen and oxygen atoms in total. The number of nitrogens with one attached hydrogen (secondary N) is 2. The maximum atomic E-state index is 9.36. The molecule has 0 unspecified atom stereocenters. The summed E-state index contributed by atoms with van der Waals surface area (Å²) in [5.74, 6) is -0.133. The van der Waals surface area contributed by atoms with Gasteiger partial charge in [-0.15, -0.1) is 4.91 Å². The number of nitrogens with two attached hydrogens (primary N) is 1. The summed E-state index contributed by atoms with van der Waals surface area (Å²) >= 11 is 4.34. The van der Waals surface area contributed by atoms with Gasteiger partial charge in [0, 0.05) is 0 Å². The molecule has 0 aromatic heterocycles. The van der Waals surface area contributed by atoms with Crippen LogP contribution in [-0.4, -0.2) is 11.5 Å². The van der Waals surface area contributed by atoms with E-state index >= 15 is 0 Å². The Morgan fingerprint density at radius 1 is 1.78 bits per heavy atom. The quantitative estimate of drug-likeness (QED) is 0.157. The summed E-state index contributed by atoms with van der Waals surface area (Å²) in [4.78, 5) is 9.36. The highest BCUT2D eigenvalue weighted by molar-refractivity contribution is 7.78. The van der Waals surface area contributed by atoms with Crippen LogP contribution in [0.5, 0.6) is 0 Å². The van der Waals surface area contributed by atoms with Crippen molar-refractivity contribution in [2.24, 2.45) is 16.1 Å². The summed E-state index contributed by atoms with van der Waals surface area (Å²) in [6.45, 7) is 0. The van der Waals surface area contributed by atoms with Crippen molar-refractivity contribution in [3.8, 4) is 0 Å². The number of hydrogen-bond donors (Lipinski definition) is 3. The Kier molecular flexibility index (Phi) is 4.23. The van der Waals surface area contributed by atoms with E-state index in [1.807, 2.05) is 0 Å². The van der Waals surface area contributed by atoms with E-state index in [2.05, 4.69) is 33.5 Å². The van der Waals surface area contributed by atoms with E-state index in [0.717, 1.165) is 0 Å². The van der Waals surface area contributed by atoms with Crippen molar-refractivity contribution < 1.29 is 0 Å². The Morgan fingerprint density at radius 3 is 2.89 bits per heavy atom.